The SMILES string of the molecule is Cc1cc(C)cc(-c2nc3c(N4CCN(CCOc5cccc6[nH]c(=S)[nH]c56)CC4)cccc3[nH]2)c1. The van der Waals surface area contributed by atoms with Gasteiger partial charge in [-0.2, -0.15) is 0 Å². The lowest BCUT2D eigenvalue weighted by molar-refractivity contribution is 0.201. The van der Waals surface area contributed by atoms with Gasteiger partial charge in [-0.3, -0.25) is 4.90 Å². The van der Waals surface area contributed by atoms with Gasteiger partial charge in [0.05, 0.1) is 16.7 Å². The van der Waals surface area contributed by atoms with Gasteiger partial charge in [-0.1, -0.05) is 29.3 Å². The molecule has 0 saturated carbocycles. The second-order valence-electron chi connectivity index (χ2n) is 9.57. The molecule has 3 heterocycles. The van der Waals surface area contributed by atoms with Gasteiger partial charge in [-0.15, -0.1) is 0 Å². The van der Waals surface area contributed by atoms with Crippen LogP contribution in [0.4, 0.5) is 5.69 Å². The van der Waals surface area contributed by atoms with E-state index in [-0.39, 0.29) is 0 Å². The van der Waals surface area contributed by atoms with Crippen molar-refractivity contribution in [1.29, 1.82) is 0 Å². The molecule has 8 heteroatoms. The van der Waals surface area contributed by atoms with Gasteiger partial charge in [-0.05, 0) is 62.5 Å². The number of para-hydroxylation sites is 2. The molecule has 6 rings (SSSR count). The Morgan fingerprint density at radius 3 is 2.44 bits per heavy atom. The summed E-state index contributed by atoms with van der Waals surface area (Å²) in [4.78, 5) is 19.8. The maximum atomic E-state index is 6.10. The molecule has 5 aromatic rings. The predicted octanol–water partition coefficient (Wildman–Crippen LogP) is 5.59. The smallest absolute Gasteiger partial charge is 0.175 e. The number of benzene rings is 3. The molecule has 184 valence electrons. The molecule has 0 unspecified atom stereocenters. The average Bonchev–Trinajstić information content (AvgIpc) is 3.47. The summed E-state index contributed by atoms with van der Waals surface area (Å²) >= 11 is 5.22. The number of imidazole rings is 2. The first-order valence-corrected chi connectivity index (χ1v) is 12.8. The lowest BCUT2D eigenvalue weighted by Gasteiger charge is -2.36. The van der Waals surface area contributed by atoms with Crippen LogP contribution in [-0.4, -0.2) is 64.2 Å². The van der Waals surface area contributed by atoms with Crippen LogP contribution in [0.15, 0.2) is 54.6 Å². The first-order valence-electron chi connectivity index (χ1n) is 12.4. The molecule has 3 N–H and O–H groups in total. The third kappa shape index (κ3) is 4.50. The molecular weight excluding hydrogens is 468 g/mol. The van der Waals surface area contributed by atoms with E-state index >= 15 is 0 Å². The third-order valence-corrected chi connectivity index (χ3v) is 7.08. The van der Waals surface area contributed by atoms with E-state index in [4.69, 9.17) is 21.9 Å². The van der Waals surface area contributed by atoms with Crippen LogP contribution in [0.25, 0.3) is 33.5 Å². The highest BCUT2D eigenvalue weighted by atomic mass is 32.1. The van der Waals surface area contributed by atoms with Gasteiger partial charge in [0.25, 0.3) is 0 Å². The van der Waals surface area contributed by atoms with Gasteiger partial charge >= 0.3 is 0 Å². The van der Waals surface area contributed by atoms with E-state index in [0.717, 1.165) is 71.9 Å². The summed E-state index contributed by atoms with van der Waals surface area (Å²) in [7, 11) is 0. The van der Waals surface area contributed by atoms with Gasteiger partial charge in [0.2, 0.25) is 0 Å². The first-order chi connectivity index (χ1) is 17.5. The Labute approximate surface area is 215 Å². The van der Waals surface area contributed by atoms with E-state index in [9.17, 15) is 0 Å². The Hall–Kier alpha value is -3.62. The first kappa shape index (κ1) is 22.8. The fourth-order valence-corrected chi connectivity index (χ4v) is 5.38. The van der Waals surface area contributed by atoms with Crippen LogP contribution in [-0.2, 0) is 0 Å². The number of nitrogens with zero attached hydrogens (tertiary/aromatic N) is 3. The van der Waals surface area contributed by atoms with Gasteiger partial charge in [0.15, 0.2) is 4.77 Å². The highest BCUT2D eigenvalue weighted by molar-refractivity contribution is 7.71. The normalized spacial score (nSPS) is 14.7. The van der Waals surface area contributed by atoms with Crippen molar-refractivity contribution in [3.63, 3.8) is 0 Å². The van der Waals surface area contributed by atoms with Crippen molar-refractivity contribution in [2.75, 3.05) is 44.2 Å². The summed E-state index contributed by atoms with van der Waals surface area (Å²) in [6.45, 7) is 9.69. The lowest BCUT2D eigenvalue weighted by Crippen LogP contribution is -2.47. The minimum absolute atomic E-state index is 0.616. The lowest BCUT2D eigenvalue weighted by atomic mass is 10.1. The van der Waals surface area contributed by atoms with Crippen molar-refractivity contribution >= 4 is 40.0 Å². The number of aryl methyl sites for hydroxylation is 2. The molecule has 0 bridgehead atoms. The number of nitrogens with one attached hydrogen (secondary N) is 3. The third-order valence-electron chi connectivity index (χ3n) is 6.88. The number of ether oxygens (including phenoxy) is 1. The summed E-state index contributed by atoms with van der Waals surface area (Å²) < 4.78 is 6.72. The molecule has 1 fully saturated rings. The van der Waals surface area contributed by atoms with Crippen LogP contribution in [0.5, 0.6) is 5.75 Å². The van der Waals surface area contributed by atoms with Crippen LogP contribution in [0.3, 0.4) is 0 Å². The number of fused-ring (bicyclic) bond motifs is 2. The van der Waals surface area contributed by atoms with E-state index < -0.39 is 0 Å². The molecule has 2 aromatic heterocycles. The maximum absolute atomic E-state index is 6.10. The molecule has 1 aliphatic rings. The van der Waals surface area contributed by atoms with Crippen LogP contribution in [0, 0.1) is 18.6 Å². The predicted molar refractivity (Wildman–Crippen MR) is 149 cm³/mol. The molecular formula is C28H30N6OS. The van der Waals surface area contributed by atoms with E-state index in [0.29, 0.717) is 11.4 Å². The molecule has 7 nitrogen and oxygen atoms in total. The molecule has 0 radical (unpaired) electrons. The van der Waals surface area contributed by atoms with Crippen molar-refractivity contribution in [3.05, 3.63) is 70.5 Å². The fraction of sp³-hybridized carbons (Fsp3) is 0.286. The van der Waals surface area contributed by atoms with Crippen LogP contribution < -0.4 is 9.64 Å². The Morgan fingerprint density at radius 2 is 1.64 bits per heavy atom. The summed E-state index contributed by atoms with van der Waals surface area (Å²) in [5.41, 5.74) is 8.86. The summed E-state index contributed by atoms with van der Waals surface area (Å²) in [5, 5.41) is 0. The fourth-order valence-electron chi connectivity index (χ4n) is 5.17. The van der Waals surface area contributed by atoms with Crippen molar-refractivity contribution in [2.24, 2.45) is 0 Å². The van der Waals surface area contributed by atoms with Crippen LogP contribution >= 0.6 is 12.2 Å². The van der Waals surface area contributed by atoms with Crippen molar-refractivity contribution in [1.82, 2.24) is 24.8 Å². The summed E-state index contributed by atoms with van der Waals surface area (Å²) in [6.07, 6.45) is 0. The van der Waals surface area contributed by atoms with Crippen molar-refractivity contribution in [3.8, 4) is 17.1 Å². The Kier molecular flexibility index (Phi) is 5.99. The minimum Gasteiger partial charge on any atom is -0.490 e. The maximum Gasteiger partial charge on any atom is 0.175 e. The van der Waals surface area contributed by atoms with E-state index in [1.807, 2.05) is 18.2 Å². The zero-order valence-electron chi connectivity index (χ0n) is 20.6. The summed E-state index contributed by atoms with van der Waals surface area (Å²) in [6, 6.07) is 19.0. The monoisotopic (exact) mass is 498 g/mol. The van der Waals surface area contributed by atoms with Gasteiger partial charge in [0, 0.05) is 38.3 Å². The minimum atomic E-state index is 0.616. The number of H-pyrrole nitrogens is 3. The average molecular weight is 499 g/mol. The Morgan fingerprint density at radius 1 is 0.889 bits per heavy atom. The molecule has 0 amide bonds. The van der Waals surface area contributed by atoms with Crippen molar-refractivity contribution < 1.29 is 4.74 Å². The van der Waals surface area contributed by atoms with Crippen LogP contribution in [0.1, 0.15) is 11.1 Å². The number of aromatic amines is 3. The highest BCUT2D eigenvalue weighted by Crippen LogP contribution is 2.30. The van der Waals surface area contributed by atoms with E-state index in [2.05, 4.69) is 75.0 Å². The van der Waals surface area contributed by atoms with Gasteiger partial charge in [0.1, 0.15) is 29.2 Å². The molecule has 0 aliphatic carbocycles. The quantitative estimate of drug-likeness (QED) is 0.266. The standard InChI is InChI=1S/C28H30N6OS/c1-18-15-19(2)17-20(16-18)27-29-21-5-3-7-23(25(21)31-27)34-11-9-33(10-12-34)13-14-35-24-8-4-6-22-26(24)32-28(36)30-22/h3-8,15-17H,9-14H2,1-2H3,(H,29,31)(H2,30,32,36). The largest absolute Gasteiger partial charge is 0.490 e. The number of hydrogen-bond donors (Lipinski definition) is 3. The second-order valence-corrected chi connectivity index (χ2v) is 9.98. The zero-order chi connectivity index (χ0) is 24.6. The Balaban J connectivity index is 1.11. The topological polar surface area (TPSA) is 76.0 Å². The Bertz CT molecular complexity index is 1570. The van der Waals surface area contributed by atoms with Gasteiger partial charge < -0.3 is 24.6 Å². The van der Waals surface area contributed by atoms with Gasteiger partial charge in [-0.25, -0.2) is 4.98 Å². The molecule has 3 aromatic carbocycles. The molecule has 1 aliphatic heterocycles. The zero-order valence-corrected chi connectivity index (χ0v) is 21.4. The molecule has 36 heavy (non-hydrogen) atoms. The molecule has 0 spiro atoms. The number of piperazine rings is 1. The second kappa shape index (κ2) is 9.44. The number of anilines is 1. The number of hydrogen-bond acceptors (Lipinski definition) is 5. The highest BCUT2D eigenvalue weighted by Gasteiger charge is 2.20. The van der Waals surface area contributed by atoms with E-state index in [1.54, 1.807) is 0 Å². The van der Waals surface area contributed by atoms with Crippen LogP contribution in [0.2, 0.25) is 0 Å². The molecule has 1 saturated heterocycles. The van der Waals surface area contributed by atoms with E-state index in [1.165, 1.54) is 16.8 Å². The number of aromatic nitrogens is 4. The number of rotatable bonds is 6. The van der Waals surface area contributed by atoms with Crippen molar-refractivity contribution in [2.45, 2.75) is 13.8 Å². The summed E-state index contributed by atoms with van der Waals surface area (Å²) in [5.74, 6) is 1.76. The molecule has 0 atom stereocenters.